The minimum Gasteiger partial charge on any atom is -0.404 e. The van der Waals surface area contributed by atoms with Gasteiger partial charge in [-0.2, -0.15) is 0 Å². The van der Waals surface area contributed by atoms with Gasteiger partial charge in [0.1, 0.15) is 5.84 Å². The highest BCUT2D eigenvalue weighted by atomic mass is 15.3. The molecule has 3 N–H and O–H groups in total. The SMILES string of the molecule is CC1CN=C2C=CC(/C(C=N)=C/N)=CN21. The van der Waals surface area contributed by atoms with E-state index in [9.17, 15) is 0 Å². The predicted octanol–water partition coefficient (Wildman–Crippen LogP) is 1.03. The number of fused-ring (bicyclic) bond motifs is 1. The van der Waals surface area contributed by atoms with E-state index < -0.39 is 0 Å². The third-order valence-corrected chi connectivity index (χ3v) is 2.62. The number of amidine groups is 1. The number of hydrogen-bond donors (Lipinski definition) is 2. The van der Waals surface area contributed by atoms with Gasteiger partial charge in [0.2, 0.25) is 0 Å². The van der Waals surface area contributed by atoms with E-state index in [-0.39, 0.29) is 0 Å². The number of nitrogens with two attached hydrogens (primary N) is 1. The molecule has 0 aromatic carbocycles. The number of rotatable bonds is 2. The van der Waals surface area contributed by atoms with Gasteiger partial charge in [0.25, 0.3) is 0 Å². The maximum Gasteiger partial charge on any atom is 0.127 e. The highest BCUT2D eigenvalue weighted by molar-refractivity contribution is 5.98. The van der Waals surface area contributed by atoms with E-state index in [4.69, 9.17) is 11.1 Å². The molecule has 78 valence electrons. The standard InChI is InChI=1S/C11H14N4/c1-8-6-14-11-3-2-9(7-15(8)11)10(4-12)5-13/h2-5,7-8,12H,6,13H2,1H3/b10-5+,12-4?. The summed E-state index contributed by atoms with van der Waals surface area (Å²) >= 11 is 0. The van der Waals surface area contributed by atoms with Crippen LogP contribution < -0.4 is 5.73 Å². The first-order valence-corrected chi connectivity index (χ1v) is 4.91. The average molecular weight is 202 g/mol. The number of aliphatic imine (C=N–C) groups is 1. The smallest absolute Gasteiger partial charge is 0.127 e. The molecule has 0 saturated heterocycles. The molecule has 0 aliphatic carbocycles. The van der Waals surface area contributed by atoms with E-state index in [1.807, 2.05) is 18.4 Å². The predicted molar refractivity (Wildman–Crippen MR) is 61.9 cm³/mol. The zero-order valence-corrected chi connectivity index (χ0v) is 8.64. The Hall–Kier alpha value is -1.84. The summed E-state index contributed by atoms with van der Waals surface area (Å²) in [7, 11) is 0. The van der Waals surface area contributed by atoms with E-state index in [1.165, 1.54) is 12.4 Å². The summed E-state index contributed by atoms with van der Waals surface area (Å²) in [6, 6.07) is 0.393. The lowest BCUT2D eigenvalue weighted by Gasteiger charge is -2.23. The molecule has 0 radical (unpaired) electrons. The highest BCUT2D eigenvalue weighted by Gasteiger charge is 2.23. The molecule has 2 aliphatic heterocycles. The minimum atomic E-state index is 0.393. The largest absolute Gasteiger partial charge is 0.404 e. The fraction of sp³-hybridized carbons (Fsp3) is 0.273. The Morgan fingerprint density at radius 2 is 2.47 bits per heavy atom. The number of nitrogens with zero attached hydrogens (tertiary/aromatic N) is 2. The summed E-state index contributed by atoms with van der Waals surface area (Å²) in [5.74, 6) is 0.993. The molecule has 2 aliphatic rings. The normalized spacial score (nSPS) is 24.7. The maximum absolute atomic E-state index is 7.24. The summed E-state index contributed by atoms with van der Waals surface area (Å²) in [5, 5.41) is 7.24. The summed E-state index contributed by atoms with van der Waals surface area (Å²) in [6.45, 7) is 2.95. The van der Waals surface area contributed by atoms with Gasteiger partial charge in [-0.3, -0.25) is 4.99 Å². The van der Waals surface area contributed by atoms with Gasteiger partial charge >= 0.3 is 0 Å². The van der Waals surface area contributed by atoms with Crippen molar-refractivity contribution in [1.29, 1.82) is 5.41 Å². The molecule has 1 atom stereocenters. The van der Waals surface area contributed by atoms with Crippen LogP contribution in [-0.4, -0.2) is 29.5 Å². The van der Waals surface area contributed by atoms with Crippen LogP contribution in [0.5, 0.6) is 0 Å². The van der Waals surface area contributed by atoms with E-state index in [2.05, 4.69) is 16.8 Å². The van der Waals surface area contributed by atoms with E-state index in [0.717, 1.165) is 23.5 Å². The molecule has 2 heterocycles. The van der Waals surface area contributed by atoms with Gasteiger partial charge < -0.3 is 16.0 Å². The fourth-order valence-corrected chi connectivity index (χ4v) is 1.71. The van der Waals surface area contributed by atoms with Crippen LogP contribution in [0, 0.1) is 5.41 Å². The van der Waals surface area contributed by atoms with Crippen LogP contribution in [-0.2, 0) is 0 Å². The second-order valence-electron chi connectivity index (χ2n) is 3.64. The molecule has 0 aromatic heterocycles. The van der Waals surface area contributed by atoms with Gasteiger partial charge in [0.05, 0.1) is 12.6 Å². The van der Waals surface area contributed by atoms with Crippen molar-refractivity contribution < 1.29 is 0 Å². The summed E-state index contributed by atoms with van der Waals surface area (Å²) in [4.78, 5) is 6.50. The lowest BCUT2D eigenvalue weighted by atomic mass is 10.1. The van der Waals surface area contributed by atoms with Crippen molar-refractivity contribution in [2.75, 3.05) is 6.54 Å². The van der Waals surface area contributed by atoms with Crippen molar-refractivity contribution in [2.45, 2.75) is 13.0 Å². The van der Waals surface area contributed by atoms with Crippen LogP contribution in [0.15, 0.2) is 40.7 Å². The van der Waals surface area contributed by atoms with Gasteiger partial charge in [-0.15, -0.1) is 0 Å². The first-order chi connectivity index (χ1) is 7.26. The lowest BCUT2D eigenvalue weighted by Crippen LogP contribution is -2.30. The first kappa shape index (κ1) is 9.71. The highest BCUT2D eigenvalue weighted by Crippen LogP contribution is 2.21. The number of allylic oxidation sites excluding steroid dienone is 3. The van der Waals surface area contributed by atoms with Crippen molar-refractivity contribution >= 4 is 12.1 Å². The monoisotopic (exact) mass is 202 g/mol. The molecule has 4 nitrogen and oxygen atoms in total. The zero-order valence-electron chi connectivity index (χ0n) is 8.64. The van der Waals surface area contributed by atoms with Crippen LogP contribution in [0.25, 0.3) is 0 Å². The maximum atomic E-state index is 7.24. The number of hydrogen-bond acceptors (Lipinski definition) is 4. The molecule has 0 fully saturated rings. The van der Waals surface area contributed by atoms with Gasteiger partial charge in [-0.25, -0.2) is 0 Å². The Morgan fingerprint density at radius 3 is 3.13 bits per heavy atom. The summed E-state index contributed by atoms with van der Waals surface area (Å²) in [5.41, 5.74) is 7.13. The van der Waals surface area contributed by atoms with Gasteiger partial charge in [-0.05, 0) is 19.1 Å². The molecule has 0 saturated carbocycles. The van der Waals surface area contributed by atoms with Crippen LogP contribution >= 0.6 is 0 Å². The van der Waals surface area contributed by atoms with Crippen molar-refractivity contribution in [3.8, 4) is 0 Å². The van der Waals surface area contributed by atoms with Crippen molar-refractivity contribution in [2.24, 2.45) is 10.7 Å². The molecular weight excluding hydrogens is 188 g/mol. The second-order valence-corrected chi connectivity index (χ2v) is 3.64. The van der Waals surface area contributed by atoms with Crippen LogP contribution in [0.2, 0.25) is 0 Å². The number of nitrogens with one attached hydrogen (secondary N) is 1. The molecule has 4 heteroatoms. The molecule has 2 rings (SSSR count). The third kappa shape index (κ3) is 1.58. The van der Waals surface area contributed by atoms with Crippen molar-refractivity contribution in [1.82, 2.24) is 4.90 Å². The van der Waals surface area contributed by atoms with Crippen molar-refractivity contribution in [3.63, 3.8) is 0 Å². The second kappa shape index (κ2) is 3.73. The van der Waals surface area contributed by atoms with E-state index >= 15 is 0 Å². The Kier molecular flexibility index (Phi) is 2.41. The topological polar surface area (TPSA) is 65.5 Å². The molecule has 1 unspecified atom stereocenters. The third-order valence-electron chi connectivity index (χ3n) is 2.62. The quantitative estimate of drug-likeness (QED) is 0.657. The Balaban J connectivity index is 2.31. The molecule has 15 heavy (non-hydrogen) atoms. The first-order valence-electron chi connectivity index (χ1n) is 4.91. The molecule has 0 amide bonds. The lowest BCUT2D eigenvalue weighted by molar-refractivity contribution is 0.471. The molecule has 0 spiro atoms. The van der Waals surface area contributed by atoms with Crippen LogP contribution in [0.4, 0.5) is 0 Å². The van der Waals surface area contributed by atoms with Crippen LogP contribution in [0.1, 0.15) is 6.92 Å². The molecular formula is C11H14N4. The van der Waals surface area contributed by atoms with Crippen LogP contribution in [0.3, 0.4) is 0 Å². The summed E-state index contributed by atoms with van der Waals surface area (Å²) in [6.07, 6.45) is 8.62. The Bertz CT molecular complexity index is 401. The van der Waals surface area contributed by atoms with Gasteiger partial charge in [0, 0.05) is 29.8 Å². The van der Waals surface area contributed by atoms with E-state index in [0.29, 0.717) is 6.04 Å². The van der Waals surface area contributed by atoms with Crippen molar-refractivity contribution in [3.05, 3.63) is 35.7 Å². The molecule has 0 bridgehead atoms. The van der Waals surface area contributed by atoms with Gasteiger partial charge in [-0.1, -0.05) is 0 Å². The molecule has 0 aromatic rings. The fourth-order valence-electron chi connectivity index (χ4n) is 1.71. The summed E-state index contributed by atoms with van der Waals surface area (Å²) < 4.78 is 0. The minimum absolute atomic E-state index is 0.393. The Morgan fingerprint density at radius 1 is 1.67 bits per heavy atom. The average Bonchev–Trinajstić information content (AvgIpc) is 2.62. The van der Waals surface area contributed by atoms with E-state index in [1.54, 1.807) is 0 Å². The Labute approximate surface area is 89.0 Å². The van der Waals surface area contributed by atoms with Gasteiger partial charge in [0.15, 0.2) is 0 Å². The zero-order chi connectivity index (χ0) is 10.8.